The fraction of sp³-hybridized carbons (Fsp3) is 0.103. The van der Waals surface area contributed by atoms with Gasteiger partial charge in [-0.1, -0.05) is 66.8 Å². The van der Waals surface area contributed by atoms with Crippen molar-refractivity contribution < 1.29 is 0 Å². The van der Waals surface area contributed by atoms with Crippen LogP contribution in [0.25, 0.3) is 27.5 Å². The molecule has 0 saturated carbocycles. The van der Waals surface area contributed by atoms with Gasteiger partial charge in [0.15, 0.2) is 0 Å². The molecule has 33 heavy (non-hydrogen) atoms. The summed E-state index contributed by atoms with van der Waals surface area (Å²) in [5.41, 5.74) is 5.73. The van der Waals surface area contributed by atoms with Crippen LogP contribution in [0.3, 0.4) is 0 Å². The molecule has 0 saturated heterocycles. The molecule has 0 unspecified atom stereocenters. The standard InChI is InChI=1S/C29H23N3Si/c1-33(2,20-23-15-21(18-30)14-22(16-23)19-31)25-12-13-29-27(17-25)26-10-6-7-11-28(26)32(29)24-8-4-3-5-9-24/h3-17H,20H2,1-2H3. The van der Waals surface area contributed by atoms with Crippen molar-refractivity contribution in [2.24, 2.45) is 0 Å². The minimum absolute atomic E-state index is 0.551. The fourth-order valence-electron chi connectivity index (χ4n) is 4.78. The highest BCUT2D eigenvalue weighted by atomic mass is 28.3. The Morgan fingerprint density at radius 1 is 0.697 bits per heavy atom. The summed E-state index contributed by atoms with van der Waals surface area (Å²) in [5, 5.41) is 22.6. The highest BCUT2D eigenvalue weighted by Crippen LogP contribution is 2.32. The van der Waals surface area contributed by atoms with Crippen LogP contribution in [0, 0.1) is 22.7 Å². The molecule has 0 fully saturated rings. The molecule has 4 aromatic carbocycles. The van der Waals surface area contributed by atoms with Gasteiger partial charge < -0.3 is 4.57 Å². The average Bonchev–Trinajstić information content (AvgIpc) is 3.17. The van der Waals surface area contributed by atoms with Gasteiger partial charge in [-0.05, 0) is 54.1 Å². The minimum Gasteiger partial charge on any atom is -0.309 e. The summed E-state index contributed by atoms with van der Waals surface area (Å²) in [7, 11) is -1.89. The predicted molar refractivity (Wildman–Crippen MR) is 137 cm³/mol. The number of para-hydroxylation sites is 2. The Bertz CT molecular complexity index is 1550. The van der Waals surface area contributed by atoms with Crippen molar-refractivity contribution in [3.63, 3.8) is 0 Å². The lowest BCUT2D eigenvalue weighted by Crippen LogP contribution is -2.44. The van der Waals surface area contributed by atoms with Gasteiger partial charge >= 0.3 is 0 Å². The zero-order valence-electron chi connectivity index (χ0n) is 18.7. The maximum atomic E-state index is 9.36. The molecular weight excluding hydrogens is 418 g/mol. The smallest absolute Gasteiger partial charge is 0.0992 e. The first-order chi connectivity index (χ1) is 16.0. The summed E-state index contributed by atoms with van der Waals surface area (Å²) >= 11 is 0. The van der Waals surface area contributed by atoms with Crippen molar-refractivity contribution in [1.82, 2.24) is 4.57 Å². The number of nitrogens with zero attached hydrogens (tertiary/aromatic N) is 3. The van der Waals surface area contributed by atoms with Crippen LogP contribution >= 0.6 is 0 Å². The van der Waals surface area contributed by atoms with Gasteiger partial charge in [0.2, 0.25) is 0 Å². The summed E-state index contributed by atoms with van der Waals surface area (Å²) in [6, 6.07) is 36.7. The van der Waals surface area contributed by atoms with E-state index in [0.717, 1.165) is 17.3 Å². The summed E-state index contributed by atoms with van der Waals surface area (Å²) in [4.78, 5) is 0. The lowest BCUT2D eigenvalue weighted by atomic mass is 10.1. The molecule has 0 atom stereocenters. The molecule has 3 nitrogen and oxygen atoms in total. The topological polar surface area (TPSA) is 52.5 Å². The molecule has 0 amide bonds. The van der Waals surface area contributed by atoms with Crippen LogP contribution in [0.15, 0.2) is 91.0 Å². The highest BCUT2D eigenvalue weighted by molar-refractivity contribution is 6.89. The molecule has 0 bridgehead atoms. The predicted octanol–water partition coefficient (Wildman–Crippen LogP) is 6.22. The molecule has 5 rings (SSSR count). The van der Waals surface area contributed by atoms with E-state index in [1.807, 2.05) is 18.2 Å². The van der Waals surface area contributed by atoms with E-state index >= 15 is 0 Å². The molecule has 5 aromatic rings. The summed E-state index contributed by atoms with van der Waals surface area (Å²) < 4.78 is 2.33. The van der Waals surface area contributed by atoms with E-state index in [0.29, 0.717) is 11.1 Å². The van der Waals surface area contributed by atoms with Gasteiger partial charge in [0.25, 0.3) is 0 Å². The fourth-order valence-corrected chi connectivity index (χ4v) is 7.28. The minimum atomic E-state index is -1.89. The van der Waals surface area contributed by atoms with Gasteiger partial charge in [0.1, 0.15) is 0 Å². The molecule has 0 radical (unpaired) electrons. The van der Waals surface area contributed by atoms with Crippen molar-refractivity contribution in [3.8, 4) is 17.8 Å². The zero-order valence-corrected chi connectivity index (χ0v) is 19.7. The van der Waals surface area contributed by atoms with Crippen LogP contribution in [0.4, 0.5) is 0 Å². The van der Waals surface area contributed by atoms with Crippen LogP contribution in [0.5, 0.6) is 0 Å². The second-order valence-electron chi connectivity index (χ2n) is 9.12. The first-order valence-electron chi connectivity index (χ1n) is 11.0. The second-order valence-corrected chi connectivity index (χ2v) is 13.8. The van der Waals surface area contributed by atoms with Crippen molar-refractivity contribution in [1.29, 1.82) is 10.5 Å². The summed E-state index contributed by atoms with van der Waals surface area (Å²) in [6.45, 7) is 4.71. The number of rotatable bonds is 4. The number of benzene rings is 4. The summed E-state index contributed by atoms with van der Waals surface area (Å²) in [6.07, 6.45) is 0. The lowest BCUT2D eigenvalue weighted by Gasteiger charge is -2.24. The van der Waals surface area contributed by atoms with Crippen LogP contribution in [-0.4, -0.2) is 12.6 Å². The number of fused-ring (bicyclic) bond motifs is 3. The van der Waals surface area contributed by atoms with Crippen LogP contribution < -0.4 is 5.19 Å². The Morgan fingerprint density at radius 3 is 2.03 bits per heavy atom. The first kappa shape index (κ1) is 20.8. The van der Waals surface area contributed by atoms with Gasteiger partial charge in [0, 0.05) is 16.5 Å². The first-order valence-corrected chi connectivity index (χ1v) is 14.2. The Labute approximate surface area is 194 Å². The van der Waals surface area contributed by atoms with Gasteiger partial charge in [0.05, 0.1) is 42.4 Å². The zero-order chi connectivity index (χ0) is 23.0. The Hall–Kier alpha value is -4.12. The van der Waals surface area contributed by atoms with E-state index in [2.05, 4.69) is 96.5 Å². The lowest BCUT2D eigenvalue weighted by molar-refractivity contribution is 1.18. The van der Waals surface area contributed by atoms with Crippen LogP contribution in [0.2, 0.25) is 13.1 Å². The third kappa shape index (κ3) is 3.72. The molecule has 1 aromatic heterocycles. The van der Waals surface area contributed by atoms with E-state index in [4.69, 9.17) is 0 Å². The number of nitriles is 2. The van der Waals surface area contributed by atoms with E-state index < -0.39 is 8.07 Å². The number of hydrogen-bond donors (Lipinski definition) is 0. The van der Waals surface area contributed by atoms with Gasteiger partial charge in [-0.25, -0.2) is 0 Å². The molecule has 0 N–H and O–H groups in total. The quantitative estimate of drug-likeness (QED) is 0.311. The average molecular weight is 442 g/mol. The largest absolute Gasteiger partial charge is 0.309 e. The normalized spacial score (nSPS) is 11.4. The Morgan fingerprint density at radius 2 is 1.33 bits per heavy atom. The highest BCUT2D eigenvalue weighted by Gasteiger charge is 2.25. The van der Waals surface area contributed by atoms with Crippen molar-refractivity contribution >= 4 is 35.1 Å². The maximum absolute atomic E-state index is 9.36. The molecule has 158 valence electrons. The maximum Gasteiger partial charge on any atom is 0.0992 e. The summed E-state index contributed by atoms with van der Waals surface area (Å²) in [5.74, 6) is 0. The molecule has 0 aliphatic heterocycles. The molecule has 1 heterocycles. The van der Waals surface area contributed by atoms with E-state index in [1.165, 1.54) is 27.0 Å². The molecule has 4 heteroatoms. The van der Waals surface area contributed by atoms with Gasteiger partial charge in [-0.2, -0.15) is 10.5 Å². The number of aromatic nitrogens is 1. The monoisotopic (exact) mass is 441 g/mol. The Balaban J connectivity index is 1.64. The molecule has 0 aliphatic rings. The van der Waals surface area contributed by atoms with Crippen LogP contribution in [-0.2, 0) is 6.04 Å². The third-order valence-electron chi connectivity index (χ3n) is 6.37. The van der Waals surface area contributed by atoms with E-state index in [9.17, 15) is 10.5 Å². The van der Waals surface area contributed by atoms with Crippen LogP contribution in [0.1, 0.15) is 16.7 Å². The Kier molecular flexibility index (Phi) is 5.09. The second kappa shape index (κ2) is 8.09. The molecular formula is C29H23N3Si. The van der Waals surface area contributed by atoms with Crippen molar-refractivity contribution in [3.05, 3.63) is 108 Å². The van der Waals surface area contributed by atoms with E-state index in [-0.39, 0.29) is 0 Å². The van der Waals surface area contributed by atoms with Gasteiger partial charge in [-0.15, -0.1) is 0 Å². The third-order valence-corrected chi connectivity index (χ3v) is 9.53. The van der Waals surface area contributed by atoms with Crippen molar-refractivity contribution in [2.45, 2.75) is 19.1 Å². The molecule has 0 aliphatic carbocycles. The number of hydrogen-bond acceptors (Lipinski definition) is 2. The van der Waals surface area contributed by atoms with Crippen molar-refractivity contribution in [2.75, 3.05) is 0 Å². The van der Waals surface area contributed by atoms with E-state index in [1.54, 1.807) is 6.07 Å². The van der Waals surface area contributed by atoms with Gasteiger partial charge in [-0.3, -0.25) is 0 Å². The SMILES string of the molecule is C[Si](C)(Cc1cc(C#N)cc(C#N)c1)c1ccc2c(c1)c1ccccc1n2-c1ccccc1. The molecule has 0 spiro atoms.